The number of likely N-dealkylation sites (tertiary alicyclic amines) is 1. The fourth-order valence-electron chi connectivity index (χ4n) is 3.10. The second kappa shape index (κ2) is 8.62. The molecule has 0 unspecified atom stereocenters. The van der Waals surface area contributed by atoms with E-state index in [0.29, 0.717) is 18.7 Å². The zero-order chi connectivity index (χ0) is 18.4. The lowest BCUT2D eigenvalue weighted by atomic mass is 10.1. The molecule has 1 aromatic heterocycles. The van der Waals surface area contributed by atoms with E-state index in [0.717, 1.165) is 30.9 Å². The zero-order valence-electron chi connectivity index (χ0n) is 15.1. The highest BCUT2D eigenvalue weighted by Crippen LogP contribution is 2.15. The van der Waals surface area contributed by atoms with Crippen molar-refractivity contribution in [2.75, 3.05) is 26.2 Å². The smallest absolute Gasteiger partial charge is 0.253 e. The summed E-state index contributed by atoms with van der Waals surface area (Å²) < 4.78 is 1.67. The van der Waals surface area contributed by atoms with Crippen molar-refractivity contribution < 1.29 is 9.59 Å². The maximum absolute atomic E-state index is 12.6. The van der Waals surface area contributed by atoms with Crippen LogP contribution in [0.1, 0.15) is 35.7 Å². The Hall–Kier alpha value is -2.67. The van der Waals surface area contributed by atoms with Gasteiger partial charge in [0.2, 0.25) is 5.91 Å². The molecule has 2 aromatic rings. The minimum Gasteiger partial charge on any atom is -0.352 e. The van der Waals surface area contributed by atoms with Gasteiger partial charge >= 0.3 is 0 Å². The van der Waals surface area contributed by atoms with Gasteiger partial charge in [0, 0.05) is 38.3 Å². The predicted octanol–water partition coefficient (Wildman–Crippen LogP) is 1.33. The van der Waals surface area contributed by atoms with E-state index in [-0.39, 0.29) is 11.8 Å². The minimum atomic E-state index is -0.0984. The molecule has 2 heterocycles. The van der Waals surface area contributed by atoms with E-state index in [4.69, 9.17) is 0 Å². The molecule has 2 N–H and O–H groups in total. The van der Waals surface area contributed by atoms with Crippen molar-refractivity contribution in [3.05, 3.63) is 47.8 Å². The fraction of sp³-hybridized carbons (Fsp3) is 0.421. The molecule has 2 amide bonds. The Balaban J connectivity index is 1.65. The predicted molar refractivity (Wildman–Crippen MR) is 99.1 cm³/mol. The molecule has 1 fully saturated rings. The first-order valence-electron chi connectivity index (χ1n) is 9.01. The molecule has 0 atom stereocenters. The van der Waals surface area contributed by atoms with Gasteiger partial charge in [0.1, 0.15) is 0 Å². The molecule has 138 valence electrons. The van der Waals surface area contributed by atoms with Crippen molar-refractivity contribution in [3.8, 4) is 5.69 Å². The molecule has 3 rings (SSSR count). The number of nitrogens with zero attached hydrogens (tertiary/aromatic N) is 3. The summed E-state index contributed by atoms with van der Waals surface area (Å²) in [4.78, 5) is 26.0. The Morgan fingerprint density at radius 2 is 1.92 bits per heavy atom. The number of amides is 2. The van der Waals surface area contributed by atoms with E-state index in [1.54, 1.807) is 16.9 Å². The van der Waals surface area contributed by atoms with Gasteiger partial charge in [-0.1, -0.05) is 12.1 Å². The maximum atomic E-state index is 12.6. The zero-order valence-corrected chi connectivity index (χ0v) is 15.1. The van der Waals surface area contributed by atoms with E-state index in [2.05, 4.69) is 20.6 Å². The third-order valence-electron chi connectivity index (χ3n) is 4.49. The molecule has 1 aliphatic heterocycles. The largest absolute Gasteiger partial charge is 0.352 e. The number of benzene rings is 1. The molecule has 7 heteroatoms. The number of rotatable bonds is 7. The summed E-state index contributed by atoms with van der Waals surface area (Å²) in [6.45, 7) is 5.66. The van der Waals surface area contributed by atoms with Gasteiger partial charge in [0.15, 0.2) is 0 Å². The van der Waals surface area contributed by atoms with Gasteiger partial charge in [-0.2, -0.15) is 5.10 Å². The standard InChI is InChI=1S/C19H25N5O2/c1-15(25)21-12-16-13-22-24(14-16)18-7-3-2-6-17(18)19(26)20-8-11-23-9-4-5-10-23/h2-3,6-7,13-14H,4-5,8-12H2,1H3,(H,20,26)(H,21,25). The molecule has 0 spiro atoms. The lowest BCUT2D eigenvalue weighted by Crippen LogP contribution is -2.33. The number of nitrogens with one attached hydrogen (secondary N) is 2. The SMILES string of the molecule is CC(=O)NCc1cnn(-c2ccccc2C(=O)NCCN2CCCC2)c1. The second-order valence-corrected chi connectivity index (χ2v) is 6.52. The van der Waals surface area contributed by atoms with Crippen LogP contribution in [0.15, 0.2) is 36.7 Å². The van der Waals surface area contributed by atoms with Crippen molar-refractivity contribution in [1.29, 1.82) is 0 Å². The highest BCUT2D eigenvalue weighted by Gasteiger charge is 2.15. The number of aromatic nitrogens is 2. The first kappa shape index (κ1) is 18.1. The van der Waals surface area contributed by atoms with Crippen LogP contribution in [-0.2, 0) is 11.3 Å². The molecular formula is C19H25N5O2. The topological polar surface area (TPSA) is 79.3 Å². The summed E-state index contributed by atoms with van der Waals surface area (Å²) in [5, 5.41) is 10.1. The van der Waals surface area contributed by atoms with Gasteiger partial charge in [-0.15, -0.1) is 0 Å². The molecular weight excluding hydrogens is 330 g/mol. The fourth-order valence-corrected chi connectivity index (χ4v) is 3.10. The summed E-state index contributed by atoms with van der Waals surface area (Å²) in [5.41, 5.74) is 2.19. The van der Waals surface area contributed by atoms with Crippen LogP contribution >= 0.6 is 0 Å². The van der Waals surface area contributed by atoms with E-state index >= 15 is 0 Å². The highest BCUT2D eigenvalue weighted by molar-refractivity contribution is 5.97. The van der Waals surface area contributed by atoms with Gasteiger partial charge in [0.25, 0.3) is 5.91 Å². The average Bonchev–Trinajstić information content (AvgIpc) is 3.32. The van der Waals surface area contributed by atoms with Crippen LogP contribution in [0.3, 0.4) is 0 Å². The van der Waals surface area contributed by atoms with Crippen molar-refractivity contribution in [3.63, 3.8) is 0 Å². The van der Waals surface area contributed by atoms with Gasteiger partial charge in [-0.25, -0.2) is 4.68 Å². The molecule has 1 aromatic carbocycles. The van der Waals surface area contributed by atoms with Crippen molar-refractivity contribution in [2.24, 2.45) is 0 Å². The lowest BCUT2D eigenvalue weighted by molar-refractivity contribution is -0.119. The Labute approximate surface area is 153 Å². The number of carbonyl (C=O) groups excluding carboxylic acids is 2. The molecule has 1 aliphatic rings. The first-order valence-corrected chi connectivity index (χ1v) is 9.01. The van der Waals surface area contributed by atoms with Crippen LogP contribution in [0.5, 0.6) is 0 Å². The van der Waals surface area contributed by atoms with Gasteiger partial charge in [-0.05, 0) is 38.1 Å². The van der Waals surface area contributed by atoms with Gasteiger partial charge < -0.3 is 15.5 Å². The van der Waals surface area contributed by atoms with Crippen molar-refractivity contribution in [1.82, 2.24) is 25.3 Å². The van der Waals surface area contributed by atoms with Crippen LogP contribution < -0.4 is 10.6 Å². The number of para-hydroxylation sites is 1. The van der Waals surface area contributed by atoms with Crippen molar-refractivity contribution in [2.45, 2.75) is 26.3 Å². The van der Waals surface area contributed by atoms with Crippen LogP contribution in [0.4, 0.5) is 0 Å². The molecule has 0 aliphatic carbocycles. The molecule has 26 heavy (non-hydrogen) atoms. The number of carbonyl (C=O) groups is 2. The van der Waals surface area contributed by atoms with E-state index in [1.807, 2.05) is 24.4 Å². The van der Waals surface area contributed by atoms with Crippen LogP contribution in [-0.4, -0.2) is 52.7 Å². The third-order valence-corrected chi connectivity index (χ3v) is 4.49. The number of hydrogen-bond acceptors (Lipinski definition) is 4. The summed E-state index contributed by atoms with van der Waals surface area (Å²) in [6, 6.07) is 7.40. The first-order chi connectivity index (χ1) is 12.6. The van der Waals surface area contributed by atoms with Crippen LogP contribution in [0.2, 0.25) is 0 Å². The summed E-state index contributed by atoms with van der Waals surface area (Å²) in [6.07, 6.45) is 6.01. The molecule has 0 radical (unpaired) electrons. The third kappa shape index (κ3) is 4.70. The molecule has 7 nitrogen and oxygen atoms in total. The van der Waals surface area contributed by atoms with Crippen LogP contribution in [0, 0.1) is 0 Å². The summed E-state index contributed by atoms with van der Waals surface area (Å²) >= 11 is 0. The summed E-state index contributed by atoms with van der Waals surface area (Å²) in [5.74, 6) is -0.186. The maximum Gasteiger partial charge on any atom is 0.253 e. The Morgan fingerprint density at radius 1 is 1.15 bits per heavy atom. The van der Waals surface area contributed by atoms with Gasteiger partial charge in [-0.3, -0.25) is 9.59 Å². The Morgan fingerprint density at radius 3 is 2.69 bits per heavy atom. The average molecular weight is 355 g/mol. The van der Waals surface area contributed by atoms with E-state index in [9.17, 15) is 9.59 Å². The molecule has 0 saturated carbocycles. The Kier molecular flexibility index (Phi) is 6.01. The normalized spacial score (nSPS) is 14.3. The van der Waals surface area contributed by atoms with E-state index in [1.165, 1.54) is 19.8 Å². The quantitative estimate of drug-likeness (QED) is 0.785. The van der Waals surface area contributed by atoms with E-state index < -0.39 is 0 Å². The minimum absolute atomic E-state index is 0.0875. The second-order valence-electron chi connectivity index (χ2n) is 6.52. The Bertz CT molecular complexity index is 765. The molecule has 0 bridgehead atoms. The van der Waals surface area contributed by atoms with Gasteiger partial charge in [0.05, 0.1) is 17.4 Å². The van der Waals surface area contributed by atoms with Crippen LogP contribution in [0.25, 0.3) is 5.69 Å². The van der Waals surface area contributed by atoms with Crippen molar-refractivity contribution >= 4 is 11.8 Å². The monoisotopic (exact) mass is 355 g/mol. The lowest BCUT2D eigenvalue weighted by Gasteiger charge is -2.15. The molecule has 1 saturated heterocycles. The highest BCUT2D eigenvalue weighted by atomic mass is 16.2. The summed E-state index contributed by atoms with van der Waals surface area (Å²) in [7, 11) is 0. The number of hydrogen-bond donors (Lipinski definition) is 2.